The highest BCUT2D eigenvalue weighted by Crippen LogP contribution is 2.36. The maximum absolute atomic E-state index is 10.8. The molecule has 0 aliphatic heterocycles. The van der Waals surface area contributed by atoms with Crippen LogP contribution in [0.25, 0.3) is 0 Å². The minimum Gasteiger partial charge on any atom is -0.258 e. The molecule has 0 N–H and O–H groups in total. The number of hydrogen-bond donors (Lipinski definition) is 0. The summed E-state index contributed by atoms with van der Waals surface area (Å²) in [6.07, 6.45) is 0. The van der Waals surface area contributed by atoms with Crippen molar-refractivity contribution in [3.63, 3.8) is 0 Å². The predicted octanol–water partition coefficient (Wildman–Crippen LogP) is 4.31. The zero-order valence-electron chi connectivity index (χ0n) is 8.67. The Morgan fingerprint density at radius 1 is 1.40 bits per heavy atom. The quantitative estimate of drug-likeness (QED) is 0.572. The average molecular weight is 293 g/mol. The van der Waals surface area contributed by atoms with Gasteiger partial charge in [-0.2, -0.15) is 0 Å². The lowest BCUT2D eigenvalue weighted by atomic mass is 9.87. The first-order valence-electron chi connectivity index (χ1n) is 4.37. The van der Waals surface area contributed by atoms with E-state index in [1.807, 2.05) is 26.8 Å². The molecule has 5 heteroatoms. The molecule has 0 aliphatic rings. The number of hydrogen-bond acceptors (Lipinski definition) is 2. The summed E-state index contributed by atoms with van der Waals surface area (Å²) >= 11 is 9.04. The predicted molar refractivity (Wildman–Crippen MR) is 64.5 cm³/mol. The van der Waals surface area contributed by atoms with Gasteiger partial charge in [-0.1, -0.05) is 32.4 Å². The number of rotatable bonds is 1. The Morgan fingerprint density at radius 3 is 2.33 bits per heavy atom. The Labute approximate surface area is 102 Å². The maximum Gasteiger partial charge on any atom is 0.289 e. The molecular weight excluding hydrogens is 281 g/mol. The van der Waals surface area contributed by atoms with Crippen molar-refractivity contribution in [2.45, 2.75) is 26.2 Å². The highest BCUT2D eigenvalue weighted by atomic mass is 79.9. The van der Waals surface area contributed by atoms with Crippen molar-refractivity contribution in [1.29, 1.82) is 0 Å². The lowest BCUT2D eigenvalue weighted by molar-refractivity contribution is -0.384. The van der Waals surface area contributed by atoms with Crippen LogP contribution in [0.3, 0.4) is 0 Å². The number of nitro benzene ring substituents is 1. The topological polar surface area (TPSA) is 43.1 Å². The molecule has 1 aromatic carbocycles. The van der Waals surface area contributed by atoms with Crippen molar-refractivity contribution in [3.8, 4) is 0 Å². The Balaban J connectivity index is 3.43. The molecule has 1 aromatic rings. The highest BCUT2D eigenvalue weighted by molar-refractivity contribution is 9.10. The molecule has 0 saturated heterocycles. The molecular formula is C10H11BrClNO2. The van der Waals surface area contributed by atoms with Gasteiger partial charge in [-0.25, -0.2) is 0 Å². The average Bonchev–Trinajstić information content (AvgIpc) is 2.06. The number of halogens is 2. The Kier molecular flexibility index (Phi) is 3.41. The smallest absolute Gasteiger partial charge is 0.258 e. The third-order valence-corrected chi connectivity index (χ3v) is 3.32. The normalized spacial score (nSPS) is 11.5. The van der Waals surface area contributed by atoms with E-state index in [4.69, 9.17) is 11.6 Å². The van der Waals surface area contributed by atoms with Crippen LogP contribution in [0.5, 0.6) is 0 Å². The Morgan fingerprint density at radius 2 is 1.93 bits per heavy atom. The van der Waals surface area contributed by atoms with E-state index in [1.165, 1.54) is 6.07 Å². The van der Waals surface area contributed by atoms with Crippen molar-refractivity contribution in [2.24, 2.45) is 0 Å². The molecule has 15 heavy (non-hydrogen) atoms. The van der Waals surface area contributed by atoms with Crippen LogP contribution in [0.1, 0.15) is 26.3 Å². The van der Waals surface area contributed by atoms with Crippen molar-refractivity contribution < 1.29 is 4.92 Å². The molecule has 82 valence electrons. The van der Waals surface area contributed by atoms with Crippen LogP contribution >= 0.6 is 27.5 Å². The molecule has 0 amide bonds. The van der Waals surface area contributed by atoms with Gasteiger partial charge in [-0.15, -0.1) is 0 Å². The molecule has 1 rings (SSSR count). The van der Waals surface area contributed by atoms with Gasteiger partial charge in [0.15, 0.2) is 0 Å². The fraction of sp³-hybridized carbons (Fsp3) is 0.400. The molecule has 0 aliphatic carbocycles. The minimum atomic E-state index is -0.470. The van der Waals surface area contributed by atoms with Crippen LogP contribution in [0, 0.1) is 10.1 Å². The van der Waals surface area contributed by atoms with Crippen LogP contribution in [0.15, 0.2) is 16.6 Å². The van der Waals surface area contributed by atoms with E-state index in [0.717, 1.165) is 5.56 Å². The summed E-state index contributed by atoms with van der Waals surface area (Å²) in [4.78, 5) is 10.3. The van der Waals surface area contributed by atoms with Gasteiger partial charge in [0.05, 0.1) is 4.92 Å². The van der Waals surface area contributed by atoms with Crippen molar-refractivity contribution in [2.75, 3.05) is 0 Å². The van der Waals surface area contributed by atoms with Gasteiger partial charge >= 0.3 is 0 Å². The molecule has 0 unspecified atom stereocenters. The molecule has 0 atom stereocenters. The Bertz CT molecular complexity index is 413. The zero-order chi connectivity index (χ0) is 11.8. The second-order valence-electron chi connectivity index (χ2n) is 4.30. The van der Waals surface area contributed by atoms with Gasteiger partial charge < -0.3 is 0 Å². The van der Waals surface area contributed by atoms with Gasteiger partial charge in [0.2, 0.25) is 0 Å². The van der Waals surface area contributed by atoms with E-state index in [9.17, 15) is 10.1 Å². The fourth-order valence-electron chi connectivity index (χ4n) is 1.14. The molecule has 0 radical (unpaired) electrons. The molecule has 0 spiro atoms. The van der Waals surface area contributed by atoms with E-state index in [1.54, 1.807) is 0 Å². The summed E-state index contributed by atoms with van der Waals surface area (Å²) in [5.41, 5.74) is 0.680. The fourth-order valence-corrected chi connectivity index (χ4v) is 1.77. The molecule has 3 nitrogen and oxygen atoms in total. The minimum absolute atomic E-state index is 0.0593. The van der Waals surface area contributed by atoms with Crippen LogP contribution in [0.4, 0.5) is 5.69 Å². The molecule has 0 fully saturated rings. The van der Waals surface area contributed by atoms with Gasteiger partial charge in [0.1, 0.15) is 5.02 Å². The molecule has 0 bridgehead atoms. The SMILES string of the molecule is CC(C)(C)c1cc(Br)c(Cl)c([N+](=O)[O-])c1. The summed E-state index contributed by atoms with van der Waals surface area (Å²) in [6, 6.07) is 3.34. The number of benzene rings is 1. The van der Waals surface area contributed by atoms with Crippen molar-refractivity contribution in [1.82, 2.24) is 0 Å². The third kappa shape index (κ3) is 2.69. The van der Waals surface area contributed by atoms with Crippen LogP contribution < -0.4 is 0 Å². The first-order valence-corrected chi connectivity index (χ1v) is 5.54. The first-order chi connectivity index (χ1) is 6.73. The largest absolute Gasteiger partial charge is 0.289 e. The van der Waals surface area contributed by atoms with Crippen molar-refractivity contribution in [3.05, 3.63) is 37.3 Å². The first kappa shape index (κ1) is 12.5. The summed E-state index contributed by atoms with van der Waals surface area (Å²) < 4.78 is 0.559. The lowest BCUT2D eigenvalue weighted by Crippen LogP contribution is -2.11. The number of nitrogens with zero attached hydrogens (tertiary/aromatic N) is 1. The molecule has 0 heterocycles. The summed E-state index contributed by atoms with van der Waals surface area (Å²) in [6.45, 7) is 5.98. The summed E-state index contributed by atoms with van der Waals surface area (Å²) in [5.74, 6) is 0. The maximum atomic E-state index is 10.8. The van der Waals surface area contributed by atoms with Gasteiger partial charge in [0.25, 0.3) is 5.69 Å². The third-order valence-electron chi connectivity index (χ3n) is 2.07. The highest BCUT2D eigenvalue weighted by Gasteiger charge is 2.22. The van der Waals surface area contributed by atoms with Gasteiger partial charge in [0, 0.05) is 10.5 Å². The van der Waals surface area contributed by atoms with E-state index in [2.05, 4.69) is 15.9 Å². The van der Waals surface area contributed by atoms with Crippen LogP contribution in [-0.4, -0.2) is 4.92 Å². The van der Waals surface area contributed by atoms with E-state index in [-0.39, 0.29) is 16.1 Å². The molecule has 0 aromatic heterocycles. The Hall–Kier alpha value is -0.610. The molecule has 0 saturated carbocycles. The summed E-state index contributed by atoms with van der Waals surface area (Å²) in [5, 5.41) is 10.9. The zero-order valence-corrected chi connectivity index (χ0v) is 11.0. The second-order valence-corrected chi connectivity index (χ2v) is 5.53. The standard InChI is InChI=1S/C10H11BrClNO2/c1-10(2,3)6-4-7(11)9(12)8(5-6)13(14)15/h4-5H,1-3H3. The van der Waals surface area contributed by atoms with E-state index < -0.39 is 4.92 Å². The van der Waals surface area contributed by atoms with E-state index in [0.29, 0.717) is 4.47 Å². The van der Waals surface area contributed by atoms with Gasteiger partial charge in [-0.3, -0.25) is 10.1 Å². The monoisotopic (exact) mass is 291 g/mol. The van der Waals surface area contributed by atoms with Gasteiger partial charge in [-0.05, 0) is 33.0 Å². The second kappa shape index (κ2) is 4.10. The van der Waals surface area contributed by atoms with Crippen LogP contribution in [-0.2, 0) is 5.41 Å². The summed E-state index contributed by atoms with van der Waals surface area (Å²) in [7, 11) is 0. The van der Waals surface area contributed by atoms with E-state index >= 15 is 0 Å². The lowest BCUT2D eigenvalue weighted by Gasteiger charge is -2.19. The van der Waals surface area contributed by atoms with Crippen LogP contribution in [0.2, 0.25) is 5.02 Å². The van der Waals surface area contributed by atoms with Crippen molar-refractivity contribution >= 4 is 33.2 Å². The number of nitro groups is 1.